The fraction of sp³-hybridized carbons (Fsp3) is 0.0714. The largest absolute Gasteiger partial charge is 0.263 e. The van der Waals surface area contributed by atoms with Crippen LogP contribution in [0.4, 0.5) is 0 Å². The molecule has 17 heavy (non-hydrogen) atoms. The molecule has 0 fully saturated rings. The molecule has 0 aliphatic heterocycles. The highest BCUT2D eigenvalue weighted by atomic mass is 14.7. The van der Waals surface area contributed by atoms with Crippen molar-refractivity contribution >= 4 is 5.57 Å². The van der Waals surface area contributed by atoms with E-state index in [2.05, 4.69) is 28.2 Å². The van der Waals surface area contributed by atoms with Crippen molar-refractivity contribution in [2.24, 2.45) is 0 Å². The predicted molar refractivity (Wildman–Crippen MR) is 64.0 cm³/mol. The second kappa shape index (κ2) is 3.84. The number of hydrogen-bond acceptors (Lipinski definition) is 3. The number of hydrogen-bond donors (Lipinski definition) is 0. The van der Waals surface area contributed by atoms with Gasteiger partial charge in [-0.3, -0.25) is 9.97 Å². The minimum atomic E-state index is 0.584. The molecular formula is C14H9N3. The van der Waals surface area contributed by atoms with Crippen LogP contribution in [0.3, 0.4) is 0 Å². The van der Waals surface area contributed by atoms with Crippen molar-refractivity contribution in [2.45, 2.75) is 6.42 Å². The Bertz CT molecular complexity index is 651. The number of pyridine rings is 2. The zero-order valence-electron chi connectivity index (χ0n) is 9.09. The molecule has 0 amide bonds. The van der Waals surface area contributed by atoms with Crippen LogP contribution in [0.2, 0.25) is 0 Å². The highest BCUT2D eigenvalue weighted by molar-refractivity contribution is 5.83. The number of nitriles is 1. The van der Waals surface area contributed by atoms with Crippen molar-refractivity contribution in [3.05, 3.63) is 65.2 Å². The van der Waals surface area contributed by atoms with Crippen LogP contribution >= 0.6 is 0 Å². The Hall–Kier alpha value is -2.47. The first-order chi connectivity index (χ1) is 8.38. The van der Waals surface area contributed by atoms with Crippen molar-refractivity contribution in [3.63, 3.8) is 0 Å². The van der Waals surface area contributed by atoms with Crippen molar-refractivity contribution in [1.82, 2.24) is 9.97 Å². The third-order valence-electron chi connectivity index (χ3n) is 2.86. The third kappa shape index (κ3) is 1.60. The van der Waals surface area contributed by atoms with Gasteiger partial charge in [-0.2, -0.15) is 5.26 Å². The molecule has 2 aromatic rings. The summed E-state index contributed by atoms with van der Waals surface area (Å²) >= 11 is 0. The molecule has 0 saturated heterocycles. The van der Waals surface area contributed by atoms with Crippen molar-refractivity contribution < 1.29 is 0 Å². The van der Waals surface area contributed by atoms with Gasteiger partial charge in [-0.15, -0.1) is 0 Å². The molecule has 0 saturated carbocycles. The van der Waals surface area contributed by atoms with Crippen LogP contribution in [0, 0.1) is 11.3 Å². The first kappa shape index (κ1) is 9.73. The Labute approximate surface area is 99.1 Å². The molecule has 1 aliphatic rings. The maximum atomic E-state index is 8.88. The molecule has 0 unspecified atom stereocenters. The monoisotopic (exact) mass is 219 g/mol. The SMILES string of the molecule is N#Cc1cncc(C2=CCc3ncccc32)c1. The van der Waals surface area contributed by atoms with Crippen LogP contribution < -0.4 is 0 Å². The van der Waals surface area contributed by atoms with E-state index in [0.717, 1.165) is 28.8 Å². The second-order valence-corrected chi connectivity index (χ2v) is 3.89. The number of nitrogens with zero attached hydrogens (tertiary/aromatic N) is 3. The summed E-state index contributed by atoms with van der Waals surface area (Å²) in [6, 6.07) is 7.96. The molecule has 3 rings (SSSR count). The smallest absolute Gasteiger partial charge is 0.101 e. The summed E-state index contributed by atoms with van der Waals surface area (Å²) in [5, 5.41) is 8.88. The van der Waals surface area contributed by atoms with E-state index in [9.17, 15) is 0 Å². The number of allylic oxidation sites excluding steroid dienone is 1. The zero-order valence-corrected chi connectivity index (χ0v) is 9.09. The van der Waals surface area contributed by atoms with Gasteiger partial charge in [0.1, 0.15) is 6.07 Å². The normalized spacial score (nSPS) is 12.8. The van der Waals surface area contributed by atoms with Crippen molar-refractivity contribution in [1.29, 1.82) is 5.26 Å². The minimum absolute atomic E-state index is 0.584. The molecule has 0 atom stereocenters. The van der Waals surface area contributed by atoms with Crippen LogP contribution in [0.5, 0.6) is 0 Å². The Morgan fingerprint density at radius 2 is 2.24 bits per heavy atom. The lowest BCUT2D eigenvalue weighted by Gasteiger charge is -2.04. The number of rotatable bonds is 1. The van der Waals surface area contributed by atoms with Crippen LogP contribution in [0.1, 0.15) is 22.4 Å². The molecule has 0 N–H and O–H groups in total. The van der Waals surface area contributed by atoms with Gasteiger partial charge in [-0.1, -0.05) is 12.1 Å². The number of fused-ring (bicyclic) bond motifs is 1. The van der Waals surface area contributed by atoms with E-state index in [4.69, 9.17) is 5.26 Å². The van der Waals surface area contributed by atoms with Crippen LogP contribution in [-0.4, -0.2) is 9.97 Å². The van der Waals surface area contributed by atoms with E-state index in [1.165, 1.54) is 0 Å². The standard InChI is InChI=1S/C14H9N3/c15-7-10-6-11(9-16-8-10)12-3-4-14-13(12)2-1-5-17-14/h1-3,5-6,8-9H,4H2. The summed E-state index contributed by atoms with van der Waals surface area (Å²) in [6.07, 6.45) is 8.15. The topological polar surface area (TPSA) is 49.6 Å². The third-order valence-corrected chi connectivity index (χ3v) is 2.86. The summed E-state index contributed by atoms with van der Waals surface area (Å²) in [7, 11) is 0. The highest BCUT2D eigenvalue weighted by Crippen LogP contribution is 2.31. The van der Waals surface area contributed by atoms with Gasteiger partial charge in [-0.25, -0.2) is 0 Å². The van der Waals surface area contributed by atoms with Crippen molar-refractivity contribution in [3.8, 4) is 6.07 Å². The van der Waals surface area contributed by atoms with E-state index in [0.29, 0.717) is 5.56 Å². The quantitative estimate of drug-likeness (QED) is 0.739. The molecule has 0 aromatic carbocycles. The minimum Gasteiger partial charge on any atom is -0.263 e. The van der Waals surface area contributed by atoms with Gasteiger partial charge in [0.25, 0.3) is 0 Å². The summed E-state index contributed by atoms with van der Waals surface area (Å²) in [6.45, 7) is 0. The molecule has 3 heteroatoms. The lowest BCUT2D eigenvalue weighted by molar-refractivity contribution is 1.13. The van der Waals surface area contributed by atoms with Gasteiger partial charge in [0.2, 0.25) is 0 Å². The lowest BCUT2D eigenvalue weighted by atomic mass is 10.0. The van der Waals surface area contributed by atoms with Gasteiger partial charge < -0.3 is 0 Å². The average Bonchev–Trinajstić information content (AvgIpc) is 2.82. The molecule has 2 heterocycles. The molecule has 80 valence electrons. The zero-order chi connectivity index (χ0) is 11.7. The van der Waals surface area contributed by atoms with Crippen LogP contribution in [-0.2, 0) is 6.42 Å². The summed E-state index contributed by atoms with van der Waals surface area (Å²) in [5.74, 6) is 0. The van der Waals surface area contributed by atoms with E-state index in [1.54, 1.807) is 18.6 Å². The van der Waals surface area contributed by atoms with E-state index < -0.39 is 0 Å². The Balaban J connectivity index is 2.10. The van der Waals surface area contributed by atoms with Gasteiger partial charge in [0, 0.05) is 36.1 Å². The summed E-state index contributed by atoms with van der Waals surface area (Å²) in [5.41, 5.74) is 4.92. The molecule has 0 spiro atoms. The van der Waals surface area contributed by atoms with E-state index >= 15 is 0 Å². The predicted octanol–water partition coefficient (Wildman–Crippen LogP) is 2.34. The fourth-order valence-corrected chi connectivity index (χ4v) is 2.08. The van der Waals surface area contributed by atoms with Gasteiger partial charge in [0.05, 0.1) is 11.3 Å². The lowest BCUT2D eigenvalue weighted by Crippen LogP contribution is -1.91. The molecular weight excluding hydrogens is 210 g/mol. The first-order valence-corrected chi connectivity index (χ1v) is 5.38. The maximum absolute atomic E-state index is 8.88. The van der Waals surface area contributed by atoms with E-state index in [-0.39, 0.29) is 0 Å². The Kier molecular flexibility index (Phi) is 2.20. The molecule has 0 bridgehead atoms. The van der Waals surface area contributed by atoms with Crippen LogP contribution in [0.25, 0.3) is 5.57 Å². The first-order valence-electron chi connectivity index (χ1n) is 5.38. The van der Waals surface area contributed by atoms with Gasteiger partial charge in [0.15, 0.2) is 0 Å². The highest BCUT2D eigenvalue weighted by Gasteiger charge is 2.16. The van der Waals surface area contributed by atoms with Crippen LogP contribution in [0.15, 0.2) is 42.9 Å². The maximum Gasteiger partial charge on any atom is 0.101 e. The van der Waals surface area contributed by atoms with Gasteiger partial charge >= 0.3 is 0 Å². The molecule has 1 aliphatic carbocycles. The van der Waals surface area contributed by atoms with Crippen molar-refractivity contribution in [2.75, 3.05) is 0 Å². The van der Waals surface area contributed by atoms with E-state index in [1.807, 2.05) is 12.1 Å². The Morgan fingerprint density at radius 3 is 3.12 bits per heavy atom. The average molecular weight is 219 g/mol. The molecule has 2 aromatic heterocycles. The second-order valence-electron chi connectivity index (χ2n) is 3.89. The summed E-state index contributed by atoms with van der Waals surface area (Å²) < 4.78 is 0. The Morgan fingerprint density at radius 1 is 1.29 bits per heavy atom. The molecule has 3 nitrogen and oxygen atoms in total. The van der Waals surface area contributed by atoms with Gasteiger partial charge in [-0.05, 0) is 17.7 Å². The fourth-order valence-electron chi connectivity index (χ4n) is 2.08. The molecule has 0 radical (unpaired) electrons. The number of aromatic nitrogens is 2. The summed E-state index contributed by atoms with van der Waals surface area (Å²) in [4.78, 5) is 8.43.